The normalized spacial score (nSPS) is 15.9. The van der Waals surface area contributed by atoms with E-state index in [4.69, 9.17) is 10.5 Å². The lowest BCUT2D eigenvalue weighted by molar-refractivity contribution is -0.400. The average molecular weight is 270 g/mol. The average Bonchev–Trinajstić information content (AvgIpc) is 2.35. The Morgan fingerprint density at radius 2 is 1.79 bits per heavy atom. The van der Waals surface area contributed by atoms with Crippen molar-refractivity contribution < 1.29 is 23.0 Å². The van der Waals surface area contributed by atoms with Crippen LogP contribution >= 0.6 is 0 Å². The summed E-state index contributed by atoms with van der Waals surface area (Å²) in [4.78, 5) is 0. The highest BCUT2D eigenvalue weighted by molar-refractivity contribution is 5.19. The van der Waals surface area contributed by atoms with Crippen LogP contribution in [0.5, 0.6) is 0 Å². The summed E-state index contributed by atoms with van der Waals surface area (Å²) < 4.78 is 39.8. The number of benzene rings is 1. The predicted molar refractivity (Wildman–Crippen MR) is 57.0 cm³/mol. The molecule has 0 aliphatic carbocycles. The number of hydrogen-bond donors (Lipinski definition) is 1. The molecule has 2 atom stereocenters. The van der Waals surface area contributed by atoms with Crippen LogP contribution in [-0.2, 0) is 11.2 Å². The molecule has 7 heteroatoms. The lowest BCUT2D eigenvalue weighted by atomic mass is 9.93. The van der Waals surface area contributed by atoms with Crippen molar-refractivity contribution >= 4 is 0 Å². The lowest BCUT2D eigenvalue weighted by Gasteiger charge is -2.26. The van der Waals surface area contributed by atoms with Gasteiger partial charge in [-0.15, -0.1) is 13.2 Å². The zero-order chi connectivity index (χ0) is 14.5. The standard InChI is InChI=1S/C12H9F3N2O2/c13-12(14,15)19-11(18,8-17)10(7-16)6-9-4-2-1-3-5-9/h1-5,10,18H,6H2/t10-,11+/m0/s1. The molecule has 0 saturated heterocycles. The Kier molecular flexibility index (Phi) is 4.49. The van der Waals surface area contributed by atoms with Crippen LogP contribution in [0.15, 0.2) is 30.3 Å². The third kappa shape index (κ3) is 4.25. The summed E-state index contributed by atoms with van der Waals surface area (Å²) >= 11 is 0. The molecule has 4 nitrogen and oxygen atoms in total. The van der Waals surface area contributed by atoms with Crippen LogP contribution in [-0.4, -0.2) is 17.3 Å². The van der Waals surface area contributed by atoms with Crippen molar-refractivity contribution in [1.82, 2.24) is 0 Å². The number of alkyl halides is 3. The van der Waals surface area contributed by atoms with Gasteiger partial charge in [0.15, 0.2) is 0 Å². The minimum absolute atomic E-state index is 0.239. The van der Waals surface area contributed by atoms with Crippen LogP contribution in [0.2, 0.25) is 0 Å². The van der Waals surface area contributed by atoms with Crippen LogP contribution in [0.25, 0.3) is 0 Å². The molecule has 0 aliphatic rings. The molecule has 0 amide bonds. The SMILES string of the molecule is N#C[C@H](Cc1ccccc1)[C@@](O)(C#N)OC(F)(F)F. The number of hydrogen-bond acceptors (Lipinski definition) is 4. The van der Waals surface area contributed by atoms with Gasteiger partial charge in [-0.25, -0.2) is 4.74 Å². The quantitative estimate of drug-likeness (QED) is 0.671. The molecule has 0 bridgehead atoms. The van der Waals surface area contributed by atoms with Gasteiger partial charge in [-0.3, -0.25) is 0 Å². The molecule has 0 unspecified atom stereocenters. The van der Waals surface area contributed by atoms with Crippen molar-refractivity contribution in [2.45, 2.75) is 18.6 Å². The summed E-state index contributed by atoms with van der Waals surface area (Å²) in [5.74, 6) is -4.90. The molecule has 1 rings (SSSR count). The van der Waals surface area contributed by atoms with E-state index in [1.54, 1.807) is 30.3 Å². The van der Waals surface area contributed by atoms with Gasteiger partial charge >= 0.3 is 6.36 Å². The summed E-state index contributed by atoms with van der Waals surface area (Å²) in [5, 5.41) is 27.0. The first-order valence-corrected chi connectivity index (χ1v) is 5.15. The van der Waals surface area contributed by atoms with Crippen molar-refractivity contribution in [3.05, 3.63) is 35.9 Å². The number of nitrogens with zero attached hydrogens (tertiary/aromatic N) is 2. The highest BCUT2D eigenvalue weighted by Crippen LogP contribution is 2.30. The van der Waals surface area contributed by atoms with Crippen molar-refractivity contribution in [3.8, 4) is 12.1 Å². The third-order valence-electron chi connectivity index (χ3n) is 2.34. The van der Waals surface area contributed by atoms with Crippen molar-refractivity contribution in [1.29, 1.82) is 10.5 Å². The van der Waals surface area contributed by atoms with E-state index in [1.165, 1.54) is 6.07 Å². The van der Waals surface area contributed by atoms with Crippen LogP contribution < -0.4 is 0 Å². The highest BCUT2D eigenvalue weighted by Gasteiger charge is 2.48. The Morgan fingerprint density at radius 3 is 2.21 bits per heavy atom. The molecule has 1 N–H and O–H groups in total. The van der Waals surface area contributed by atoms with Crippen molar-refractivity contribution in [2.24, 2.45) is 5.92 Å². The monoisotopic (exact) mass is 270 g/mol. The maximum atomic E-state index is 12.1. The Labute approximate surface area is 107 Å². The predicted octanol–water partition coefficient (Wildman–Crippen LogP) is 2.12. The summed E-state index contributed by atoms with van der Waals surface area (Å²) in [5.41, 5.74) is 0.508. The van der Waals surface area contributed by atoms with E-state index in [9.17, 15) is 18.3 Å². The number of rotatable bonds is 4. The molecule has 1 aromatic rings. The Balaban J connectivity index is 2.95. The zero-order valence-corrected chi connectivity index (χ0v) is 9.55. The summed E-state index contributed by atoms with van der Waals surface area (Å²) in [6, 6.07) is 10.5. The molecule has 19 heavy (non-hydrogen) atoms. The molecular formula is C12H9F3N2O2. The molecule has 100 valence electrons. The third-order valence-corrected chi connectivity index (χ3v) is 2.34. The topological polar surface area (TPSA) is 77.0 Å². The molecule has 0 aromatic heterocycles. The zero-order valence-electron chi connectivity index (χ0n) is 9.55. The molecule has 0 aliphatic heterocycles. The van der Waals surface area contributed by atoms with Gasteiger partial charge < -0.3 is 5.11 Å². The van der Waals surface area contributed by atoms with Crippen LogP contribution in [0.3, 0.4) is 0 Å². The fraction of sp³-hybridized carbons (Fsp3) is 0.333. The minimum atomic E-state index is -5.21. The Hall–Kier alpha value is -2.09. The van der Waals surface area contributed by atoms with E-state index in [-0.39, 0.29) is 6.42 Å². The minimum Gasteiger partial charge on any atom is -0.353 e. The maximum absolute atomic E-state index is 12.1. The van der Waals surface area contributed by atoms with Crippen LogP contribution in [0, 0.1) is 28.6 Å². The second-order valence-corrected chi connectivity index (χ2v) is 3.73. The Morgan fingerprint density at radius 1 is 1.21 bits per heavy atom. The van der Waals surface area contributed by atoms with Crippen LogP contribution in [0.1, 0.15) is 5.56 Å². The van der Waals surface area contributed by atoms with Gasteiger partial charge in [0, 0.05) is 0 Å². The number of nitriles is 2. The van der Waals surface area contributed by atoms with Gasteiger partial charge in [0.05, 0.1) is 6.07 Å². The first kappa shape index (κ1) is 15.0. The molecule has 0 heterocycles. The second-order valence-electron chi connectivity index (χ2n) is 3.73. The second kappa shape index (κ2) is 5.70. The fourth-order valence-corrected chi connectivity index (χ4v) is 1.47. The fourth-order valence-electron chi connectivity index (χ4n) is 1.47. The highest BCUT2D eigenvalue weighted by atomic mass is 19.4. The largest absolute Gasteiger partial charge is 0.525 e. The van der Waals surface area contributed by atoms with Gasteiger partial charge in [-0.2, -0.15) is 10.5 Å². The van der Waals surface area contributed by atoms with E-state index < -0.39 is 18.1 Å². The maximum Gasteiger partial charge on any atom is 0.525 e. The molecule has 0 fully saturated rings. The number of halogens is 3. The number of aliphatic hydroxyl groups is 1. The van der Waals surface area contributed by atoms with Crippen LogP contribution in [0.4, 0.5) is 13.2 Å². The summed E-state index contributed by atoms with van der Waals surface area (Å²) in [6.45, 7) is 0. The van der Waals surface area contributed by atoms with E-state index in [2.05, 4.69) is 4.74 Å². The van der Waals surface area contributed by atoms with Gasteiger partial charge in [0.25, 0.3) is 5.79 Å². The van der Waals surface area contributed by atoms with Gasteiger partial charge in [0.1, 0.15) is 12.0 Å². The summed E-state index contributed by atoms with van der Waals surface area (Å²) in [6.07, 6.45) is -5.45. The smallest absolute Gasteiger partial charge is 0.353 e. The first-order chi connectivity index (χ1) is 8.80. The molecular weight excluding hydrogens is 261 g/mol. The molecule has 0 spiro atoms. The summed E-state index contributed by atoms with van der Waals surface area (Å²) in [7, 11) is 0. The number of ether oxygens (including phenoxy) is 1. The van der Waals surface area contributed by atoms with Gasteiger partial charge in [-0.1, -0.05) is 30.3 Å². The van der Waals surface area contributed by atoms with E-state index in [0.717, 1.165) is 6.07 Å². The Bertz CT molecular complexity index is 504. The van der Waals surface area contributed by atoms with E-state index in [1.807, 2.05) is 0 Å². The first-order valence-electron chi connectivity index (χ1n) is 5.15. The molecule has 0 radical (unpaired) electrons. The van der Waals surface area contributed by atoms with Crippen molar-refractivity contribution in [2.75, 3.05) is 0 Å². The van der Waals surface area contributed by atoms with Gasteiger partial charge in [0.2, 0.25) is 0 Å². The van der Waals surface area contributed by atoms with Crippen molar-refractivity contribution in [3.63, 3.8) is 0 Å². The van der Waals surface area contributed by atoms with E-state index >= 15 is 0 Å². The van der Waals surface area contributed by atoms with E-state index in [0.29, 0.717) is 5.56 Å². The molecule has 0 saturated carbocycles. The molecule has 1 aromatic carbocycles. The van der Waals surface area contributed by atoms with Gasteiger partial charge in [-0.05, 0) is 12.0 Å². The lowest BCUT2D eigenvalue weighted by Crippen LogP contribution is -2.44.